The van der Waals surface area contributed by atoms with Gasteiger partial charge in [0, 0.05) is 5.69 Å². The molecule has 0 fully saturated rings. The van der Waals surface area contributed by atoms with Crippen molar-refractivity contribution >= 4 is 17.7 Å². The average molecular weight is 414 g/mol. The van der Waals surface area contributed by atoms with Crippen LogP contribution in [0.1, 0.15) is 12.7 Å². The van der Waals surface area contributed by atoms with E-state index in [-0.39, 0.29) is 12.4 Å². The van der Waals surface area contributed by atoms with E-state index in [9.17, 15) is 4.79 Å². The number of aromatic nitrogens is 3. The molecule has 3 aromatic rings. The van der Waals surface area contributed by atoms with E-state index in [0.717, 1.165) is 17.2 Å². The molecule has 0 aliphatic rings. The van der Waals surface area contributed by atoms with Crippen LogP contribution in [-0.2, 0) is 11.4 Å². The molecular formula is C20H22N4O4S. The van der Waals surface area contributed by atoms with Gasteiger partial charge in [-0.25, -0.2) is 0 Å². The molecule has 3 rings (SSSR count). The standard InChI is InChI=1S/C20H22N4O4S/c1-3-27-16-6-4-14(5-7-16)24-19(22-23-20(24)29-13-18(21)25)12-28-17-10-8-15(26-2)9-11-17/h4-11H,3,12-13H2,1-2H3,(H2,21,25). The van der Waals surface area contributed by atoms with Gasteiger partial charge in [-0.05, 0) is 55.5 Å². The third-order valence-electron chi connectivity index (χ3n) is 3.88. The highest BCUT2D eigenvalue weighted by atomic mass is 32.2. The maximum atomic E-state index is 11.2. The van der Waals surface area contributed by atoms with Gasteiger partial charge >= 0.3 is 0 Å². The fourth-order valence-corrected chi connectivity index (χ4v) is 3.27. The lowest BCUT2D eigenvalue weighted by molar-refractivity contribution is -0.115. The number of hydrogen-bond acceptors (Lipinski definition) is 7. The van der Waals surface area contributed by atoms with Crippen LogP contribution < -0.4 is 19.9 Å². The Hall–Kier alpha value is -3.20. The molecular weight excluding hydrogens is 392 g/mol. The number of amides is 1. The van der Waals surface area contributed by atoms with Crippen molar-refractivity contribution in [3.05, 3.63) is 54.4 Å². The maximum Gasteiger partial charge on any atom is 0.227 e. The van der Waals surface area contributed by atoms with Crippen molar-refractivity contribution in [3.63, 3.8) is 0 Å². The zero-order valence-electron chi connectivity index (χ0n) is 16.2. The minimum absolute atomic E-state index is 0.106. The summed E-state index contributed by atoms with van der Waals surface area (Å²) in [5.74, 6) is 2.48. The second kappa shape index (κ2) is 9.83. The van der Waals surface area contributed by atoms with Crippen LogP contribution in [0.15, 0.2) is 53.7 Å². The van der Waals surface area contributed by atoms with E-state index in [4.69, 9.17) is 19.9 Å². The van der Waals surface area contributed by atoms with E-state index in [1.807, 2.05) is 60.0 Å². The molecule has 0 bridgehead atoms. The fourth-order valence-electron chi connectivity index (χ4n) is 2.56. The van der Waals surface area contributed by atoms with Gasteiger partial charge < -0.3 is 19.9 Å². The topological polar surface area (TPSA) is 101 Å². The second-order valence-corrected chi connectivity index (χ2v) is 6.82. The molecule has 29 heavy (non-hydrogen) atoms. The largest absolute Gasteiger partial charge is 0.497 e. The summed E-state index contributed by atoms with van der Waals surface area (Å²) in [7, 11) is 1.61. The summed E-state index contributed by atoms with van der Waals surface area (Å²) < 4.78 is 18.3. The number of carbonyl (C=O) groups is 1. The Bertz CT molecular complexity index is 942. The van der Waals surface area contributed by atoms with Crippen LogP contribution in [-0.4, -0.2) is 40.1 Å². The summed E-state index contributed by atoms with van der Waals surface area (Å²) in [6.45, 7) is 2.72. The first-order valence-electron chi connectivity index (χ1n) is 8.96. The van der Waals surface area contributed by atoms with Gasteiger partial charge in [-0.15, -0.1) is 10.2 Å². The third kappa shape index (κ3) is 5.41. The predicted octanol–water partition coefficient (Wildman–Crippen LogP) is 2.83. The fraction of sp³-hybridized carbons (Fsp3) is 0.250. The predicted molar refractivity (Wildman–Crippen MR) is 110 cm³/mol. The van der Waals surface area contributed by atoms with E-state index in [0.29, 0.717) is 23.3 Å². The summed E-state index contributed by atoms with van der Waals surface area (Å²) >= 11 is 1.22. The number of primary amides is 1. The smallest absolute Gasteiger partial charge is 0.227 e. The molecule has 0 saturated heterocycles. The van der Waals surface area contributed by atoms with Gasteiger partial charge in [0.1, 0.15) is 23.9 Å². The van der Waals surface area contributed by atoms with Crippen molar-refractivity contribution in [1.29, 1.82) is 0 Å². The number of benzene rings is 2. The zero-order chi connectivity index (χ0) is 20.6. The number of thioether (sulfide) groups is 1. The Labute approximate surface area is 173 Å². The quantitative estimate of drug-likeness (QED) is 0.509. The Morgan fingerprint density at radius 2 is 1.62 bits per heavy atom. The van der Waals surface area contributed by atoms with E-state index >= 15 is 0 Å². The number of rotatable bonds is 10. The Morgan fingerprint density at radius 3 is 2.24 bits per heavy atom. The van der Waals surface area contributed by atoms with Crippen LogP contribution in [0, 0.1) is 0 Å². The molecule has 0 atom stereocenters. The molecule has 0 radical (unpaired) electrons. The number of carbonyl (C=O) groups excluding carboxylic acids is 1. The monoisotopic (exact) mass is 414 g/mol. The number of hydrogen-bond donors (Lipinski definition) is 1. The van der Waals surface area contributed by atoms with Crippen LogP contribution >= 0.6 is 11.8 Å². The van der Waals surface area contributed by atoms with Crippen LogP contribution in [0.2, 0.25) is 0 Å². The van der Waals surface area contributed by atoms with E-state index in [1.54, 1.807) is 7.11 Å². The first kappa shape index (κ1) is 20.5. The molecule has 0 spiro atoms. The summed E-state index contributed by atoms with van der Waals surface area (Å²) in [6, 6.07) is 14.8. The normalized spacial score (nSPS) is 10.6. The number of nitrogens with two attached hydrogens (primary N) is 1. The lowest BCUT2D eigenvalue weighted by Gasteiger charge is -2.12. The number of methoxy groups -OCH3 is 1. The minimum atomic E-state index is -0.424. The lowest BCUT2D eigenvalue weighted by atomic mass is 10.3. The number of ether oxygens (including phenoxy) is 3. The van der Waals surface area contributed by atoms with Crippen molar-refractivity contribution in [2.75, 3.05) is 19.5 Å². The molecule has 1 heterocycles. The summed E-state index contributed by atoms with van der Waals surface area (Å²) in [5.41, 5.74) is 6.11. The molecule has 152 valence electrons. The highest BCUT2D eigenvalue weighted by molar-refractivity contribution is 7.99. The highest BCUT2D eigenvalue weighted by Crippen LogP contribution is 2.25. The maximum absolute atomic E-state index is 11.2. The second-order valence-electron chi connectivity index (χ2n) is 5.88. The van der Waals surface area contributed by atoms with Crippen molar-refractivity contribution in [3.8, 4) is 22.9 Å². The van der Waals surface area contributed by atoms with Crippen molar-refractivity contribution in [2.24, 2.45) is 5.73 Å². The van der Waals surface area contributed by atoms with E-state index in [2.05, 4.69) is 10.2 Å². The first-order valence-corrected chi connectivity index (χ1v) is 9.94. The van der Waals surface area contributed by atoms with Gasteiger partial charge in [-0.2, -0.15) is 0 Å². The Balaban J connectivity index is 1.84. The van der Waals surface area contributed by atoms with Crippen molar-refractivity contribution < 1.29 is 19.0 Å². The molecule has 8 nitrogen and oxygen atoms in total. The van der Waals surface area contributed by atoms with Gasteiger partial charge in [-0.1, -0.05) is 11.8 Å². The first-order chi connectivity index (χ1) is 14.1. The average Bonchev–Trinajstić information content (AvgIpc) is 3.15. The van der Waals surface area contributed by atoms with Crippen LogP contribution in [0.25, 0.3) is 5.69 Å². The van der Waals surface area contributed by atoms with Crippen LogP contribution in [0.4, 0.5) is 0 Å². The van der Waals surface area contributed by atoms with E-state index < -0.39 is 5.91 Å². The van der Waals surface area contributed by atoms with Gasteiger partial charge in [0.2, 0.25) is 5.91 Å². The van der Waals surface area contributed by atoms with E-state index in [1.165, 1.54) is 11.8 Å². The molecule has 9 heteroatoms. The summed E-state index contributed by atoms with van der Waals surface area (Å²) in [4.78, 5) is 11.2. The third-order valence-corrected chi connectivity index (χ3v) is 4.83. The SMILES string of the molecule is CCOc1ccc(-n2c(COc3ccc(OC)cc3)nnc2SCC(N)=O)cc1. The Morgan fingerprint density at radius 1 is 1.00 bits per heavy atom. The Kier molecular flexibility index (Phi) is 6.96. The van der Waals surface area contributed by atoms with Crippen molar-refractivity contribution in [1.82, 2.24) is 14.8 Å². The minimum Gasteiger partial charge on any atom is -0.497 e. The molecule has 2 aromatic carbocycles. The summed E-state index contributed by atoms with van der Waals surface area (Å²) in [5, 5.41) is 8.99. The highest BCUT2D eigenvalue weighted by Gasteiger charge is 2.16. The van der Waals surface area contributed by atoms with Crippen LogP contribution in [0.3, 0.4) is 0 Å². The molecule has 1 amide bonds. The molecule has 1 aromatic heterocycles. The summed E-state index contributed by atoms with van der Waals surface area (Å²) in [6.07, 6.45) is 0. The van der Waals surface area contributed by atoms with Gasteiger partial charge in [0.05, 0.1) is 19.5 Å². The molecule has 0 aliphatic carbocycles. The molecule has 0 saturated carbocycles. The van der Waals surface area contributed by atoms with Gasteiger partial charge in [-0.3, -0.25) is 9.36 Å². The molecule has 0 aliphatic heterocycles. The lowest BCUT2D eigenvalue weighted by Crippen LogP contribution is -2.14. The molecule has 0 unspecified atom stereocenters. The number of nitrogens with zero attached hydrogens (tertiary/aromatic N) is 3. The van der Waals surface area contributed by atoms with Crippen LogP contribution in [0.5, 0.6) is 17.2 Å². The molecule has 2 N–H and O–H groups in total. The van der Waals surface area contributed by atoms with Crippen molar-refractivity contribution in [2.45, 2.75) is 18.7 Å². The van der Waals surface area contributed by atoms with Gasteiger partial charge in [0.25, 0.3) is 0 Å². The van der Waals surface area contributed by atoms with Gasteiger partial charge in [0.15, 0.2) is 11.0 Å². The zero-order valence-corrected chi connectivity index (χ0v) is 17.0.